The first-order chi connectivity index (χ1) is 32.3. The molecule has 0 spiro atoms. The van der Waals surface area contributed by atoms with E-state index in [1.54, 1.807) is 18.9 Å². The van der Waals surface area contributed by atoms with Crippen molar-refractivity contribution in [3.63, 3.8) is 0 Å². The molecule has 1 fully saturated rings. The molecule has 0 amide bonds. The van der Waals surface area contributed by atoms with Gasteiger partial charge < -0.3 is 32.5 Å². The second-order valence-electron chi connectivity index (χ2n) is 22.9. The van der Waals surface area contributed by atoms with Crippen molar-refractivity contribution in [3.8, 4) is 5.75 Å². The van der Waals surface area contributed by atoms with Crippen LogP contribution in [0.1, 0.15) is 103 Å². The zero-order chi connectivity index (χ0) is 50.8. The summed E-state index contributed by atoms with van der Waals surface area (Å²) in [6, 6.07) is 38.7. The van der Waals surface area contributed by atoms with Crippen LogP contribution in [0.15, 0.2) is 126 Å². The number of carbonyl (C=O) groups is 1. The van der Waals surface area contributed by atoms with Crippen LogP contribution in [0.4, 0.5) is 0 Å². The summed E-state index contributed by atoms with van der Waals surface area (Å²) in [5.41, 5.74) is 1.28. The standard InChI is InChI=1S/C57H84O8SSi3/c1-42(43(2)64-69(56(6,7)8,45-29-22-18-23-30-45)46-31-24-19-25-32-46)35-36-50(65-68(15,16)55(3,4)5)53-49(62-57(9,10)63-53)37-38-51(66-44-27-20-17-21-28-44)47-33-26-34-48(61-41-59-11)52(47)54(58)60-39-40-67(12,13)14/h17-36,42-43,49-51,53H,37-41H2,1-16H3/t42-,43-,49+,50?,51?,53+/m1/s1. The summed E-state index contributed by atoms with van der Waals surface area (Å²) in [5, 5.41) is 2.15. The second kappa shape index (κ2) is 23.9. The summed E-state index contributed by atoms with van der Waals surface area (Å²) in [6.45, 7) is 34.1. The van der Waals surface area contributed by atoms with Crippen molar-refractivity contribution in [2.75, 3.05) is 20.5 Å². The molecule has 2 unspecified atom stereocenters. The highest BCUT2D eigenvalue weighted by Crippen LogP contribution is 2.46. The molecule has 0 bridgehead atoms. The summed E-state index contributed by atoms with van der Waals surface area (Å²) in [4.78, 5) is 15.3. The molecule has 378 valence electrons. The summed E-state index contributed by atoms with van der Waals surface area (Å²) in [5.74, 6) is -0.761. The minimum absolute atomic E-state index is 0.00521. The van der Waals surface area contributed by atoms with Crippen LogP contribution in [0, 0.1) is 5.92 Å². The van der Waals surface area contributed by atoms with Gasteiger partial charge >= 0.3 is 5.97 Å². The average molecular weight is 1010 g/mol. The van der Waals surface area contributed by atoms with Gasteiger partial charge in [-0.2, -0.15) is 0 Å². The molecule has 12 heteroatoms. The highest BCUT2D eigenvalue weighted by atomic mass is 32.2. The Hall–Kier alpha value is -3.31. The molecule has 6 atom stereocenters. The fourth-order valence-corrected chi connectivity index (χ4v) is 16.6. The van der Waals surface area contributed by atoms with Crippen LogP contribution in [-0.2, 0) is 27.8 Å². The van der Waals surface area contributed by atoms with Crippen LogP contribution in [0.2, 0.25) is 48.9 Å². The number of esters is 1. The SMILES string of the molecule is COCOc1cccc(C(CC[C@@H]2OC(C)(C)O[C@@H]2C(C=C[C@@H](C)[C@@H](C)O[Si](c2ccccc2)(c2ccccc2)C(C)(C)C)O[Si](C)(C)C(C)(C)C)Sc2ccccc2)c1C(=O)OCC[Si](C)(C)C. The zero-order valence-electron chi connectivity index (χ0n) is 44.7. The molecule has 4 aromatic carbocycles. The summed E-state index contributed by atoms with van der Waals surface area (Å²) in [6.07, 6.45) is 4.58. The molecule has 0 N–H and O–H groups in total. The Morgan fingerprint density at radius 2 is 1.33 bits per heavy atom. The van der Waals surface area contributed by atoms with Gasteiger partial charge in [0.1, 0.15) is 17.4 Å². The van der Waals surface area contributed by atoms with Gasteiger partial charge in [0.25, 0.3) is 8.32 Å². The van der Waals surface area contributed by atoms with Crippen molar-refractivity contribution in [2.45, 2.75) is 171 Å². The molecule has 0 radical (unpaired) electrons. The normalized spacial score (nSPS) is 18.7. The van der Waals surface area contributed by atoms with E-state index in [0.29, 0.717) is 30.8 Å². The van der Waals surface area contributed by atoms with Crippen LogP contribution < -0.4 is 15.1 Å². The minimum Gasteiger partial charge on any atom is -0.467 e. The van der Waals surface area contributed by atoms with Crippen LogP contribution in [-0.4, -0.2) is 81.4 Å². The van der Waals surface area contributed by atoms with E-state index in [1.165, 1.54) is 10.4 Å². The first-order valence-corrected chi connectivity index (χ1v) is 34.3. The number of hydrogen-bond donors (Lipinski definition) is 0. The van der Waals surface area contributed by atoms with Crippen molar-refractivity contribution < 1.29 is 37.3 Å². The zero-order valence-corrected chi connectivity index (χ0v) is 48.5. The van der Waals surface area contributed by atoms with Gasteiger partial charge in [0, 0.05) is 31.4 Å². The highest BCUT2D eigenvalue weighted by molar-refractivity contribution is 7.99. The third-order valence-corrected chi connectivity index (χ3v) is 26.3. The maximum Gasteiger partial charge on any atom is 0.342 e. The number of carbonyl (C=O) groups excluding carboxylic acids is 1. The van der Waals surface area contributed by atoms with E-state index in [9.17, 15) is 4.79 Å². The smallest absolute Gasteiger partial charge is 0.342 e. The van der Waals surface area contributed by atoms with Crippen molar-refractivity contribution in [1.82, 2.24) is 0 Å². The van der Waals surface area contributed by atoms with Crippen molar-refractivity contribution >= 4 is 52.8 Å². The van der Waals surface area contributed by atoms with Gasteiger partial charge in [0.05, 0.1) is 18.8 Å². The molecule has 1 aliphatic heterocycles. The first kappa shape index (κ1) is 56.6. The van der Waals surface area contributed by atoms with Crippen molar-refractivity contribution in [2.24, 2.45) is 5.92 Å². The van der Waals surface area contributed by atoms with Gasteiger partial charge in [-0.15, -0.1) is 11.8 Å². The number of ether oxygens (including phenoxy) is 5. The Bertz CT molecular complexity index is 2200. The third kappa shape index (κ3) is 15.1. The van der Waals surface area contributed by atoms with Gasteiger partial charge in [-0.25, -0.2) is 4.79 Å². The van der Waals surface area contributed by atoms with E-state index in [1.807, 2.05) is 50.2 Å². The Morgan fingerprint density at radius 3 is 1.87 bits per heavy atom. The van der Waals surface area contributed by atoms with Gasteiger partial charge in [-0.1, -0.05) is 171 Å². The maximum absolute atomic E-state index is 14.2. The third-order valence-electron chi connectivity index (χ3n) is 13.7. The Labute approximate surface area is 423 Å². The van der Waals surface area contributed by atoms with E-state index in [-0.39, 0.29) is 46.2 Å². The van der Waals surface area contributed by atoms with Crippen LogP contribution in [0.25, 0.3) is 0 Å². The van der Waals surface area contributed by atoms with Crippen LogP contribution in [0.5, 0.6) is 5.75 Å². The lowest BCUT2D eigenvalue weighted by Gasteiger charge is -2.45. The predicted molar refractivity (Wildman–Crippen MR) is 294 cm³/mol. The van der Waals surface area contributed by atoms with E-state index >= 15 is 0 Å². The first-order valence-electron chi connectivity index (χ1n) is 24.9. The molecule has 1 saturated heterocycles. The molecule has 5 rings (SSSR count). The average Bonchev–Trinajstić information content (AvgIpc) is 3.60. The summed E-state index contributed by atoms with van der Waals surface area (Å²) < 4.78 is 46.3. The van der Waals surface area contributed by atoms with E-state index in [2.05, 4.69) is 173 Å². The fourth-order valence-electron chi connectivity index (χ4n) is 8.67. The molecule has 0 aliphatic carbocycles. The Morgan fingerprint density at radius 1 is 0.754 bits per heavy atom. The predicted octanol–water partition coefficient (Wildman–Crippen LogP) is 13.8. The van der Waals surface area contributed by atoms with E-state index in [4.69, 9.17) is 32.5 Å². The lowest BCUT2D eigenvalue weighted by molar-refractivity contribution is -0.152. The van der Waals surface area contributed by atoms with Crippen LogP contribution >= 0.6 is 11.8 Å². The lowest BCUT2D eigenvalue weighted by atomic mass is 9.96. The molecule has 0 aromatic heterocycles. The molecule has 1 heterocycles. The topological polar surface area (TPSA) is 81.7 Å². The Balaban J connectivity index is 1.52. The molecule has 0 saturated carbocycles. The number of rotatable bonds is 23. The number of benzene rings is 4. The quantitative estimate of drug-likeness (QED) is 0.0237. The van der Waals surface area contributed by atoms with Crippen LogP contribution in [0.3, 0.4) is 0 Å². The summed E-state index contributed by atoms with van der Waals surface area (Å²) >= 11 is 1.73. The molecule has 1 aliphatic rings. The summed E-state index contributed by atoms with van der Waals surface area (Å²) in [7, 11) is -5.06. The van der Waals surface area contributed by atoms with E-state index in [0.717, 1.165) is 16.5 Å². The second-order valence-corrected chi connectivity index (χ2v) is 38.8. The Kier molecular flexibility index (Phi) is 19.6. The maximum atomic E-state index is 14.2. The number of hydrogen-bond acceptors (Lipinski definition) is 9. The fraction of sp³-hybridized carbons (Fsp3) is 0.526. The van der Waals surface area contributed by atoms with Gasteiger partial charge in [0.15, 0.2) is 20.9 Å². The molecular formula is C57H84O8SSi3. The monoisotopic (exact) mass is 1010 g/mol. The minimum atomic E-state index is -2.81. The lowest BCUT2D eigenvalue weighted by Crippen LogP contribution is -2.67. The molecule has 4 aromatic rings. The number of methoxy groups -OCH3 is 1. The highest BCUT2D eigenvalue weighted by Gasteiger charge is 2.52. The van der Waals surface area contributed by atoms with Gasteiger partial charge in [0.2, 0.25) is 0 Å². The van der Waals surface area contributed by atoms with E-state index < -0.39 is 42.7 Å². The largest absolute Gasteiger partial charge is 0.467 e. The number of thioether (sulfide) groups is 1. The van der Waals surface area contributed by atoms with Gasteiger partial charge in [-0.05, 0) is 103 Å². The molecular weight excluding hydrogens is 929 g/mol. The van der Waals surface area contributed by atoms with Gasteiger partial charge in [-0.3, -0.25) is 0 Å². The molecule has 69 heavy (non-hydrogen) atoms. The van der Waals surface area contributed by atoms with Crippen molar-refractivity contribution in [1.29, 1.82) is 0 Å². The molecule has 8 nitrogen and oxygen atoms in total. The van der Waals surface area contributed by atoms with Crippen molar-refractivity contribution in [3.05, 3.63) is 132 Å².